The molecule has 0 aromatic carbocycles. The first-order chi connectivity index (χ1) is 6.12. The second-order valence-corrected chi connectivity index (χ2v) is 6.53. The standard InChI is InChI=1S/C10H15NOS/c1-8(2)7-3-4-9(8)6-13-11-10(9,5-7)12-11/h7H,3-6H2,1-2H3/t7-,9-,10+,11?/m1/s1. The quantitative estimate of drug-likeness (QED) is 0.438. The molecule has 4 aliphatic rings. The zero-order chi connectivity index (χ0) is 8.90. The van der Waals surface area contributed by atoms with Crippen LogP contribution >= 0.6 is 11.9 Å². The third-order valence-electron chi connectivity index (χ3n) is 5.37. The van der Waals surface area contributed by atoms with Crippen molar-refractivity contribution in [3.63, 3.8) is 0 Å². The molecule has 2 bridgehead atoms. The van der Waals surface area contributed by atoms with Crippen molar-refractivity contribution in [2.24, 2.45) is 16.7 Å². The SMILES string of the molecule is CC1(C)[C@@H]2CC[C@@]13CSN1O[C@]13C2. The van der Waals surface area contributed by atoms with Crippen molar-refractivity contribution in [2.75, 3.05) is 5.75 Å². The molecule has 2 aliphatic carbocycles. The van der Waals surface area contributed by atoms with E-state index >= 15 is 0 Å². The minimum Gasteiger partial charge on any atom is -0.259 e. The van der Waals surface area contributed by atoms with Crippen LogP contribution in [0.5, 0.6) is 0 Å². The van der Waals surface area contributed by atoms with Gasteiger partial charge in [0.2, 0.25) is 0 Å². The minimum atomic E-state index is 0.198. The monoisotopic (exact) mass is 197 g/mol. The third-order valence-corrected chi connectivity index (χ3v) is 6.59. The molecule has 0 aromatic heterocycles. The van der Waals surface area contributed by atoms with Crippen molar-refractivity contribution in [1.82, 2.24) is 4.47 Å². The Kier molecular flexibility index (Phi) is 0.987. The molecule has 13 heavy (non-hydrogen) atoms. The molecular formula is C10H15NOS. The molecule has 0 N–H and O–H groups in total. The second-order valence-electron chi connectivity index (χ2n) is 5.65. The number of hydrogen-bond acceptors (Lipinski definition) is 3. The zero-order valence-electron chi connectivity index (χ0n) is 8.17. The number of hydrogen-bond donors (Lipinski definition) is 0. The second kappa shape index (κ2) is 1.70. The van der Waals surface area contributed by atoms with E-state index in [4.69, 9.17) is 4.84 Å². The average molecular weight is 197 g/mol. The predicted molar refractivity (Wildman–Crippen MR) is 51.7 cm³/mol. The Morgan fingerprint density at radius 2 is 2.31 bits per heavy atom. The highest BCUT2D eigenvalue weighted by Crippen LogP contribution is 2.81. The van der Waals surface area contributed by atoms with Crippen molar-refractivity contribution in [3.05, 3.63) is 0 Å². The van der Waals surface area contributed by atoms with Crippen LogP contribution in [0.2, 0.25) is 0 Å². The smallest absolute Gasteiger partial charge is 0.184 e. The largest absolute Gasteiger partial charge is 0.259 e. The van der Waals surface area contributed by atoms with Gasteiger partial charge in [-0.2, -0.15) is 0 Å². The van der Waals surface area contributed by atoms with E-state index < -0.39 is 0 Å². The summed E-state index contributed by atoms with van der Waals surface area (Å²) in [6.45, 7) is 4.93. The third kappa shape index (κ3) is 0.512. The lowest BCUT2D eigenvalue weighted by atomic mass is 9.68. The van der Waals surface area contributed by atoms with E-state index in [1.54, 1.807) is 0 Å². The van der Waals surface area contributed by atoms with Gasteiger partial charge in [-0.15, -0.1) is 0 Å². The highest BCUT2D eigenvalue weighted by Gasteiger charge is 2.84. The van der Waals surface area contributed by atoms with Crippen molar-refractivity contribution < 1.29 is 4.84 Å². The van der Waals surface area contributed by atoms with Crippen molar-refractivity contribution in [1.29, 1.82) is 0 Å². The fraction of sp³-hybridized carbons (Fsp3) is 1.00. The van der Waals surface area contributed by atoms with Gasteiger partial charge in [0.25, 0.3) is 0 Å². The highest BCUT2D eigenvalue weighted by molar-refractivity contribution is 7.97. The summed E-state index contributed by atoms with van der Waals surface area (Å²) in [5, 5.41) is 0. The summed E-state index contributed by atoms with van der Waals surface area (Å²) in [5.74, 6) is 2.22. The molecule has 2 spiro atoms. The topological polar surface area (TPSA) is 15.5 Å². The maximum atomic E-state index is 5.82. The molecule has 2 saturated carbocycles. The molecule has 0 radical (unpaired) electrons. The first-order valence-corrected chi connectivity index (χ1v) is 6.19. The first kappa shape index (κ1) is 7.55. The molecule has 4 rings (SSSR count). The van der Waals surface area contributed by atoms with E-state index in [0.717, 1.165) is 5.92 Å². The van der Waals surface area contributed by atoms with Crippen LogP contribution in [0.3, 0.4) is 0 Å². The van der Waals surface area contributed by atoms with E-state index in [1.807, 2.05) is 11.9 Å². The lowest BCUT2D eigenvalue weighted by molar-refractivity contribution is 0.0749. The number of hydroxylamine groups is 1. The molecular weight excluding hydrogens is 182 g/mol. The lowest BCUT2D eigenvalue weighted by Crippen LogP contribution is -2.41. The van der Waals surface area contributed by atoms with E-state index in [1.165, 1.54) is 25.0 Å². The fourth-order valence-electron chi connectivity index (χ4n) is 4.24. The fourth-order valence-corrected chi connectivity index (χ4v) is 5.95. The molecule has 2 nitrogen and oxygen atoms in total. The lowest BCUT2D eigenvalue weighted by Gasteiger charge is -2.36. The molecule has 2 heterocycles. The van der Waals surface area contributed by atoms with Gasteiger partial charge >= 0.3 is 0 Å². The Morgan fingerprint density at radius 1 is 1.46 bits per heavy atom. The molecule has 0 aromatic rings. The van der Waals surface area contributed by atoms with Gasteiger partial charge in [0.15, 0.2) is 5.72 Å². The number of rotatable bonds is 0. The van der Waals surface area contributed by atoms with Crippen LogP contribution in [-0.2, 0) is 4.84 Å². The van der Waals surface area contributed by atoms with Crippen molar-refractivity contribution >= 4 is 11.9 Å². The Balaban J connectivity index is 1.95. The summed E-state index contributed by atoms with van der Waals surface area (Å²) in [7, 11) is 0. The predicted octanol–water partition coefficient (Wildman–Crippen LogP) is 2.42. The molecule has 4 atom stereocenters. The molecule has 2 aliphatic heterocycles. The van der Waals surface area contributed by atoms with Gasteiger partial charge in [-0.05, 0) is 42.5 Å². The molecule has 1 unspecified atom stereocenters. The molecule has 3 heteroatoms. The maximum Gasteiger partial charge on any atom is 0.184 e. The Hall–Kier alpha value is 0.270. The Morgan fingerprint density at radius 3 is 2.92 bits per heavy atom. The van der Waals surface area contributed by atoms with E-state index in [-0.39, 0.29) is 5.72 Å². The summed E-state index contributed by atoms with van der Waals surface area (Å²) < 4.78 is 2.19. The maximum absolute atomic E-state index is 5.82. The van der Waals surface area contributed by atoms with Gasteiger partial charge in [0.1, 0.15) is 0 Å². The summed E-state index contributed by atoms with van der Waals surface area (Å²) in [6, 6.07) is 0. The molecule has 72 valence electrons. The van der Waals surface area contributed by atoms with Crippen molar-refractivity contribution in [2.45, 2.75) is 38.8 Å². The van der Waals surface area contributed by atoms with Crippen LogP contribution in [-0.4, -0.2) is 15.9 Å². The van der Waals surface area contributed by atoms with Crippen LogP contribution < -0.4 is 0 Å². The van der Waals surface area contributed by atoms with Gasteiger partial charge in [0.05, 0.1) is 0 Å². The molecule has 0 amide bonds. The Bertz CT molecular complexity index is 297. The average Bonchev–Trinajstić information content (AvgIpc) is 2.53. The molecule has 4 fully saturated rings. The van der Waals surface area contributed by atoms with Crippen LogP contribution in [0.1, 0.15) is 33.1 Å². The van der Waals surface area contributed by atoms with E-state index in [0.29, 0.717) is 10.8 Å². The Labute approximate surface area is 83.1 Å². The van der Waals surface area contributed by atoms with E-state index in [2.05, 4.69) is 18.3 Å². The normalized spacial score (nSPS) is 65.1. The summed E-state index contributed by atoms with van der Waals surface area (Å²) in [5.41, 5.74) is 1.21. The zero-order valence-corrected chi connectivity index (χ0v) is 8.99. The summed E-state index contributed by atoms with van der Waals surface area (Å²) in [6.07, 6.45) is 4.13. The van der Waals surface area contributed by atoms with Crippen LogP contribution in [0.15, 0.2) is 0 Å². The van der Waals surface area contributed by atoms with Crippen LogP contribution in [0.25, 0.3) is 0 Å². The van der Waals surface area contributed by atoms with E-state index in [9.17, 15) is 0 Å². The number of fused-ring (bicyclic) bond motifs is 1. The van der Waals surface area contributed by atoms with Crippen LogP contribution in [0.4, 0.5) is 0 Å². The highest BCUT2D eigenvalue weighted by atomic mass is 32.2. The number of nitrogens with zero attached hydrogens (tertiary/aromatic N) is 1. The minimum absolute atomic E-state index is 0.198. The summed E-state index contributed by atoms with van der Waals surface area (Å²) >= 11 is 1.92. The first-order valence-electron chi connectivity index (χ1n) is 5.25. The van der Waals surface area contributed by atoms with Gasteiger partial charge in [-0.3, -0.25) is 4.84 Å². The van der Waals surface area contributed by atoms with Crippen LogP contribution in [0, 0.1) is 16.7 Å². The molecule has 2 saturated heterocycles. The van der Waals surface area contributed by atoms with Gasteiger partial charge in [-0.25, -0.2) is 0 Å². The van der Waals surface area contributed by atoms with Gasteiger partial charge < -0.3 is 0 Å². The van der Waals surface area contributed by atoms with Gasteiger partial charge in [0, 0.05) is 11.2 Å². The van der Waals surface area contributed by atoms with Gasteiger partial charge in [-0.1, -0.05) is 18.3 Å². The van der Waals surface area contributed by atoms with Crippen molar-refractivity contribution in [3.8, 4) is 0 Å². The summed E-state index contributed by atoms with van der Waals surface area (Å²) in [4.78, 5) is 5.82.